The second kappa shape index (κ2) is 5.39. The molecule has 1 aliphatic rings. The van der Waals surface area contributed by atoms with Crippen LogP contribution in [0.5, 0.6) is 0 Å². The van der Waals surface area contributed by atoms with Crippen LogP contribution in [0.3, 0.4) is 0 Å². The molecule has 2 aromatic heterocycles. The number of aromatic amines is 2. The number of H-pyrrole nitrogens is 2. The van der Waals surface area contributed by atoms with E-state index >= 15 is 0 Å². The maximum absolute atomic E-state index is 11.9. The van der Waals surface area contributed by atoms with Gasteiger partial charge in [0.25, 0.3) is 5.56 Å². The quantitative estimate of drug-likeness (QED) is 0.743. The zero-order chi connectivity index (χ0) is 14.8. The molecule has 8 heteroatoms. The predicted molar refractivity (Wildman–Crippen MR) is 79.7 cm³/mol. The zero-order valence-corrected chi connectivity index (χ0v) is 11.6. The molecule has 21 heavy (non-hydrogen) atoms. The summed E-state index contributed by atoms with van der Waals surface area (Å²) in [7, 11) is 1.79. The molecule has 0 amide bonds. The van der Waals surface area contributed by atoms with Crippen molar-refractivity contribution < 1.29 is 0 Å². The Hall–Kier alpha value is -2.64. The molecule has 0 atom stereocenters. The van der Waals surface area contributed by atoms with Gasteiger partial charge in [0.1, 0.15) is 5.69 Å². The molecule has 3 N–H and O–H groups in total. The minimum absolute atomic E-state index is 0.296. The first-order valence-corrected chi connectivity index (χ1v) is 6.82. The number of hydrogen-bond donors (Lipinski definition) is 3. The average molecular weight is 288 g/mol. The summed E-state index contributed by atoms with van der Waals surface area (Å²) in [6.07, 6.45) is 3.64. The van der Waals surface area contributed by atoms with E-state index in [4.69, 9.17) is 0 Å². The van der Waals surface area contributed by atoms with Gasteiger partial charge in [-0.05, 0) is 18.9 Å². The van der Waals surface area contributed by atoms with Crippen LogP contribution in [0, 0.1) is 0 Å². The van der Waals surface area contributed by atoms with Gasteiger partial charge in [0, 0.05) is 26.3 Å². The summed E-state index contributed by atoms with van der Waals surface area (Å²) in [4.78, 5) is 29.8. The van der Waals surface area contributed by atoms with Gasteiger partial charge in [0.2, 0.25) is 0 Å². The van der Waals surface area contributed by atoms with E-state index in [1.54, 1.807) is 7.05 Å². The van der Waals surface area contributed by atoms with Crippen LogP contribution in [-0.4, -0.2) is 40.3 Å². The summed E-state index contributed by atoms with van der Waals surface area (Å²) >= 11 is 0. The van der Waals surface area contributed by atoms with Crippen LogP contribution in [0.25, 0.3) is 11.3 Å². The highest BCUT2D eigenvalue weighted by atomic mass is 16.2. The lowest BCUT2D eigenvalue weighted by Gasteiger charge is -2.20. The third kappa shape index (κ3) is 2.51. The van der Waals surface area contributed by atoms with Gasteiger partial charge in [-0.1, -0.05) is 0 Å². The third-order valence-electron chi connectivity index (χ3n) is 3.55. The van der Waals surface area contributed by atoms with Gasteiger partial charge in [0.15, 0.2) is 5.82 Å². The minimum atomic E-state index is -0.539. The second-order valence-electron chi connectivity index (χ2n) is 4.89. The molecule has 1 saturated heterocycles. The molecule has 0 spiro atoms. The monoisotopic (exact) mass is 288 g/mol. The normalized spacial score (nSPS) is 14.4. The Bertz CT molecular complexity index is 760. The van der Waals surface area contributed by atoms with E-state index in [9.17, 15) is 9.59 Å². The molecule has 1 fully saturated rings. The highest BCUT2D eigenvalue weighted by Gasteiger charge is 2.18. The molecule has 8 nitrogen and oxygen atoms in total. The first kappa shape index (κ1) is 13.3. The Morgan fingerprint density at radius 2 is 2.00 bits per heavy atom. The standard InChI is InChI=1S/C13H16N6O2/c1-14-11-10(19-4-2-3-5-19)6-9(17-18-11)8-7-15-13(21)16-12(8)20/h6-7H,2-5H2,1H3,(H,14,18)(H2,15,16,20,21). The zero-order valence-electron chi connectivity index (χ0n) is 11.6. The Morgan fingerprint density at radius 3 is 2.67 bits per heavy atom. The molecule has 0 bridgehead atoms. The van der Waals surface area contributed by atoms with E-state index in [2.05, 4.69) is 30.4 Å². The fourth-order valence-corrected chi connectivity index (χ4v) is 2.49. The summed E-state index contributed by atoms with van der Waals surface area (Å²) in [5.74, 6) is 0.682. The second-order valence-corrected chi connectivity index (χ2v) is 4.89. The van der Waals surface area contributed by atoms with Crippen molar-refractivity contribution >= 4 is 11.5 Å². The van der Waals surface area contributed by atoms with Crippen LogP contribution in [-0.2, 0) is 0 Å². The van der Waals surface area contributed by atoms with Gasteiger partial charge in [-0.3, -0.25) is 9.78 Å². The van der Waals surface area contributed by atoms with E-state index in [0.717, 1.165) is 31.6 Å². The summed E-state index contributed by atoms with van der Waals surface area (Å²) < 4.78 is 0. The van der Waals surface area contributed by atoms with Crippen LogP contribution < -0.4 is 21.5 Å². The van der Waals surface area contributed by atoms with Crippen LogP contribution in [0.2, 0.25) is 0 Å². The van der Waals surface area contributed by atoms with E-state index in [1.807, 2.05) is 6.07 Å². The molecule has 0 unspecified atom stereocenters. The van der Waals surface area contributed by atoms with Crippen LogP contribution in [0.1, 0.15) is 12.8 Å². The SMILES string of the molecule is CNc1nnc(-c2c[nH]c(=O)[nH]c2=O)cc1N1CCCC1. The maximum atomic E-state index is 11.9. The molecule has 0 aromatic carbocycles. The van der Waals surface area contributed by atoms with Gasteiger partial charge < -0.3 is 15.2 Å². The number of anilines is 2. The van der Waals surface area contributed by atoms with Crippen molar-refractivity contribution in [3.8, 4) is 11.3 Å². The van der Waals surface area contributed by atoms with Gasteiger partial charge in [-0.25, -0.2) is 4.79 Å². The number of rotatable bonds is 3. The van der Waals surface area contributed by atoms with E-state index < -0.39 is 11.2 Å². The topological polar surface area (TPSA) is 107 Å². The van der Waals surface area contributed by atoms with Crippen molar-refractivity contribution in [2.75, 3.05) is 30.4 Å². The molecule has 3 rings (SSSR count). The first-order chi connectivity index (χ1) is 10.2. The van der Waals surface area contributed by atoms with E-state index in [-0.39, 0.29) is 0 Å². The fourth-order valence-electron chi connectivity index (χ4n) is 2.49. The number of aromatic nitrogens is 4. The Labute approximate surface area is 120 Å². The van der Waals surface area contributed by atoms with Gasteiger partial charge in [-0.2, -0.15) is 0 Å². The molecular formula is C13H16N6O2. The lowest BCUT2D eigenvalue weighted by Crippen LogP contribution is -2.24. The van der Waals surface area contributed by atoms with E-state index in [1.165, 1.54) is 6.20 Å². The van der Waals surface area contributed by atoms with E-state index in [0.29, 0.717) is 17.1 Å². The van der Waals surface area contributed by atoms with Crippen molar-refractivity contribution in [1.29, 1.82) is 0 Å². The van der Waals surface area contributed by atoms with Crippen LogP contribution in [0.15, 0.2) is 21.9 Å². The largest absolute Gasteiger partial charge is 0.370 e. The maximum Gasteiger partial charge on any atom is 0.325 e. The van der Waals surface area contributed by atoms with Crippen molar-refractivity contribution in [2.45, 2.75) is 12.8 Å². The smallest absolute Gasteiger partial charge is 0.325 e. The van der Waals surface area contributed by atoms with Crippen molar-refractivity contribution in [2.24, 2.45) is 0 Å². The van der Waals surface area contributed by atoms with Gasteiger partial charge >= 0.3 is 5.69 Å². The Morgan fingerprint density at radius 1 is 1.24 bits per heavy atom. The molecule has 1 aliphatic heterocycles. The molecule has 2 aromatic rings. The molecule has 110 valence electrons. The van der Waals surface area contributed by atoms with Crippen LogP contribution in [0.4, 0.5) is 11.5 Å². The van der Waals surface area contributed by atoms with Gasteiger partial charge in [0.05, 0.1) is 11.3 Å². The van der Waals surface area contributed by atoms with Crippen molar-refractivity contribution in [3.05, 3.63) is 33.1 Å². The lowest BCUT2D eigenvalue weighted by molar-refractivity contribution is 0.938. The summed E-state index contributed by atoms with van der Waals surface area (Å²) in [6, 6.07) is 1.83. The molecule has 3 heterocycles. The molecular weight excluding hydrogens is 272 g/mol. The third-order valence-corrected chi connectivity index (χ3v) is 3.55. The molecule has 0 radical (unpaired) electrons. The summed E-state index contributed by atoms with van der Waals surface area (Å²) in [6.45, 7) is 1.92. The Kier molecular flexibility index (Phi) is 3.43. The highest BCUT2D eigenvalue weighted by molar-refractivity contribution is 5.71. The highest BCUT2D eigenvalue weighted by Crippen LogP contribution is 2.29. The lowest BCUT2D eigenvalue weighted by atomic mass is 10.2. The summed E-state index contributed by atoms with van der Waals surface area (Å²) in [5.41, 5.74) is 0.644. The number of nitrogens with one attached hydrogen (secondary N) is 3. The fraction of sp³-hybridized carbons (Fsp3) is 0.385. The number of hydrogen-bond acceptors (Lipinski definition) is 6. The minimum Gasteiger partial charge on any atom is -0.370 e. The van der Waals surface area contributed by atoms with Crippen LogP contribution >= 0.6 is 0 Å². The van der Waals surface area contributed by atoms with Gasteiger partial charge in [-0.15, -0.1) is 10.2 Å². The first-order valence-electron chi connectivity index (χ1n) is 6.82. The molecule has 0 aliphatic carbocycles. The Balaban J connectivity index is 2.09. The van der Waals surface area contributed by atoms with Crippen molar-refractivity contribution in [3.63, 3.8) is 0 Å². The van der Waals surface area contributed by atoms with Crippen molar-refractivity contribution in [1.82, 2.24) is 20.2 Å². The summed E-state index contributed by atoms with van der Waals surface area (Å²) in [5, 5.41) is 11.2. The predicted octanol–water partition coefficient (Wildman–Crippen LogP) is 0.162. The molecule has 0 saturated carbocycles. The number of nitrogens with zero attached hydrogens (tertiary/aromatic N) is 3. The average Bonchev–Trinajstić information content (AvgIpc) is 3.01.